The molecule has 2 rings (SSSR count). The van der Waals surface area contributed by atoms with Gasteiger partial charge in [-0.15, -0.1) is 0 Å². The first-order chi connectivity index (χ1) is 7.29. The molecule has 1 saturated carbocycles. The van der Waals surface area contributed by atoms with Gasteiger partial charge in [0.2, 0.25) is 0 Å². The molecule has 15 heavy (non-hydrogen) atoms. The van der Waals surface area contributed by atoms with Crippen LogP contribution in [0.25, 0.3) is 0 Å². The monoisotopic (exact) mass is 209 g/mol. The number of rotatable bonds is 3. The van der Waals surface area contributed by atoms with E-state index in [2.05, 4.69) is 5.32 Å². The van der Waals surface area contributed by atoms with Gasteiger partial charge in [-0.05, 0) is 19.3 Å². The maximum Gasteiger partial charge on any atom is 0.157 e. The Labute approximate surface area is 90.6 Å². The first-order valence-electron chi connectivity index (χ1n) is 5.90. The Bertz CT molecular complexity index is 273. The van der Waals surface area contributed by atoms with E-state index < -0.39 is 0 Å². The standard InChI is InChI=1S/C12H19NO2/c14-8-9-3-1-2-4-12(9)13-10-5-6-11(15)7-10/h7,9,12-14H,1-6,8H2. The lowest BCUT2D eigenvalue weighted by Gasteiger charge is -2.32. The number of allylic oxidation sites excluding steroid dienone is 2. The van der Waals surface area contributed by atoms with Gasteiger partial charge in [-0.1, -0.05) is 12.8 Å². The van der Waals surface area contributed by atoms with Crippen LogP contribution in [0, 0.1) is 5.92 Å². The fourth-order valence-corrected chi connectivity index (χ4v) is 2.56. The molecule has 3 nitrogen and oxygen atoms in total. The highest BCUT2D eigenvalue weighted by molar-refractivity contribution is 5.92. The smallest absolute Gasteiger partial charge is 0.157 e. The van der Waals surface area contributed by atoms with Crippen LogP contribution in [0.4, 0.5) is 0 Å². The van der Waals surface area contributed by atoms with E-state index in [1.165, 1.54) is 12.8 Å². The Balaban J connectivity index is 1.91. The predicted molar refractivity (Wildman–Crippen MR) is 58.3 cm³/mol. The molecule has 2 atom stereocenters. The number of hydrogen-bond acceptors (Lipinski definition) is 3. The number of carbonyl (C=O) groups excluding carboxylic acids is 1. The van der Waals surface area contributed by atoms with E-state index in [1.54, 1.807) is 6.08 Å². The highest BCUT2D eigenvalue weighted by Gasteiger charge is 2.25. The number of nitrogens with one attached hydrogen (secondary N) is 1. The summed E-state index contributed by atoms with van der Waals surface area (Å²) in [4.78, 5) is 11.1. The molecule has 0 aromatic rings. The highest BCUT2D eigenvalue weighted by Crippen LogP contribution is 2.26. The van der Waals surface area contributed by atoms with E-state index in [4.69, 9.17) is 0 Å². The van der Waals surface area contributed by atoms with Crippen LogP contribution in [-0.2, 0) is 4.79 Å². The summed E-state index contributed by atoms with van der Waals surface area (Å²) in [6, 6.07) is 0.376. The summed E-state index contributed by atoms with van der Waals surface area (Å²) in [6.07, 6.45) is 7.91. The first-order valence-corrected chi connectivity index (χ1v) is 5.90. The molecule has 84 valence electrons. The zero-order valence-corrected chi connectivity index (χ0v) is 9.04. The molecular formula is C12H19NO2. The largest absolute Gasteiger partial charge is 0.396 e. The van der Waals surface area contributed by atoms with Gasteiger partial charge in [-0.3, -0.25) is 4.79 Å². The van der Waals surface area contributed by atoms with Crippen LogP contribution in [-0.4, -0.2) is 23.5 Å². The molecule has 2 N–H and O–H groups in total. The minimum absolute atomic E-state index is 0.230. The van der Waals surface area contributed by atoms with Crippen LogP contribution >= 0.6 is 0 Å². The molecule has 2 aliphatic carbocycles. The average Bonchev–Trinajstić information content (AvgIpc) is 2.65. The fraction of sp³-hybridized carbons (Fsp3) is 0.750. The Morgan fingerprint density at radius 3 is 2.80 bits per heavy atom. The van der Waals surface area contributed by atoms with Gasteiger partial charge in [0.1, 0.15) is 0 Å². The minimum Gasteiger partial charge on any atom is -0.396 e. The van der Waals surface area contributed by atoms with Crippen LogP contribution in [0.15, 0.2) is 11.8 Å². The van der Waals surface area contributed by atoms with Crippen LogP contribution in [0.1, 0.15) is 38.5 Å². The molecule has 2 aliphatic rings. The summed E-state index contributed by atoms with van der Waals surface area (Å²) in [5, 5.41) is 12.7. The van der Waals surface area contributed by atoms with Crippen molar-refractivity contribution in [3.63, 3.8) is 0 Å². The predicted octanol–water partition coefficient (Wildman–Crippen LogP) is 1.37. The summed E-state index contributed by atoms with van der Waals surface area (Å²) in [6.45, 7) is 0.263. The van der Waals surface area contributed by atoms with Crippen molar-refractivity contribution in [3.8, 4) is 0 Å². The van der Waals surface area contributed by atoms with Gasteiger partial charge in [0.15, 0.2) is 5.78 Å². The third kappa shape index (κ3) is 2.59. The number of aliphatic hydroxyl groups excluding tert-OH is 1. The summed E-state index contributed by atoms with van der Waals surface area (Å²) in [7, 11) is 0. The fourth-order valence-electron chi connectivity index (χ4n) is 2.56. The normalized spacial score (nSPS) is 31.5. The molecule has 2 unspecified atom stereocenters. The second kappa shape index (κ2) is 4.79. The van der Waals surface area contributed by atoms with Crippen molar-refractivity contribution >= 4 is 5.78 Å². The van der Waals surface area contributed by atoms with Gasteiger partial charge < -0.3 is 10.4 Å². The zero-order chi connectivity index (χ0) is 10.7. The minimum atomic E-state index is 0.230. The molecular weight excluding hydrogens is 190 g/mol. The van der Waals surface area contributed by atoms with Crippen molar-refractivity contribution in [3.05, 3.63) is 11.8 Å². The third-order valence-electron chi connectivity index (χ3n) is 3.49. The maximum atomic E-state index is 11.1. The first kappa shape index (κ1) is 10.7. The molecule has 0 saturated heterocycles. The summed E-state index contributed by atoms with van der Waals surface area (Å²) < 4.78 is 0. The molecule has 0 radical (unpaired) electrons. The maximum absolute atomic E-state index is 11.1. The Kier molecular flexibility index (Phi) is 3.41. The van der Waals surface area contributed by atoms with Gasteiger partial charge in [0.05, 0.1) is 0 Å². The lowest BCUT2D eigenvalue weighted by atomic mass is 9.85. The quantitative estimate of drug-likeness (QED) is 0.738. The third-order valence-corrected chi connectivity index (χ3v) is 3.49. The Morgan fingerprint density at radius 1 is 1.33 bits per heavy atom. The molecule has 0 aliphatic heterocycles. The average molecular weight is 209 g/mol. The number of aliphatic hydroxyl groups is 1. The van der Waals surface area contributed by atoms with Crippen molar-refractivity contribution in [1.29, 1.82) is 0 Å². The van der Waals surface area contributed by atoms with Crippen molar-refractivity contribution in [1.82, 2.24) is 5.32 Å². The van der Waals surface area contributed by atoms with E-state index in [0.717, 1.165) is 25.0 Å². The molecule has 0 heterocycles. The van der Waals surface area contributed by atoms with Crippen LogP contribution in [0.2, 0.25) is 0 Å². The lowest BCUT2D eigenvalue weighted by Crippen LogP contribution is -2.39. The number of carbonyl (C=O) groups is 1. The van der Waals surface area contributed by atoms with Crippen molar-refractivity contribution in [2.75, 3.05) is 6.61 Å². The number of hydrogen-bond donors (Lipinski definition) is 2. The van der Waals surface area contributed by atoms with Gasteiger partial charge in [0.25, 0.3) is 0 Å². The molecule has 3 heteroatoms. The van der Waals surface area contributed by atoms with E-state index >= 15 is 0 Å². The van der Waals surface area contributed by atoms with Gasteiger partial charge in [-0.25, -0.2) is 0 Å². The Hall–Kier alpha value is -0.830. The van der Waals surface area contributed by atoms with Crippen molar-refractivity contribution in [2.24, 2.45) is 5.92 Å². The van der Waals surface area contributed by atoms with Crippen LogP contribution in [0.5, 0.6) is 0 Å². The topological polar surface area (TPSA) is 49.3 Å². The summed E-state index contributed by atoms with van der Waals surface area (Å²) in [5.41, 5.74) is 1.07. The highest BCUT2D eigenvalue weighted by atomic mass is 16.3. The summed E-state index contributed by atoms with van der Waals surface area (Å²) in [5.74, 6) is 0.601. The molecule has 0 amide bonds. The van der Waals surface area contributed by atoms with E-state index in [0.29, 0.717) is 18.4 Å². The van der Waals surface area contributed by atoms with E-state index in [1.807, 2.05) is 0 Å². The summed E-state index contributed by atoms with van der Waals surface area (Å²) >= 11 is 0. The molecule has 0 aromatic carbocycles. The second-order valence-electron chi connectivity index (χ2n) is 4.61. The van der Waals surface area contributed by atoms with Gasteiger partial charge >= 0.3 is 0 Å². The lowest BCUT2D eigenvalue weighted by molar-refractivity contribution is -0.114. The van der Waals surface area contributed by atoms with Gasteiger partial charge in [-0.2, -0.15) is 0 Å². The molecule has 1 fully saturated rings. The SMILES string of the molecule is O=C1C=C(NC2CCCCC2CO)CC1. The zero-order valence-electron chi connectivity index (χ0n) is 9.04. The molecule has 0 bridgehead atoms. The van der Waals surface area contributed by atoms with Crippen molar-refractivity contribution in [2.45, 2.75) is 44.6 Å². The Morgan fingerprint density at radius 2 is 2.13 bits per heavy atom. The number of ketones is 1. The van der Waals surface area contributed by atoms with Crippen molar-refractivity contribution < 1.29 is 9.90 Å². The molecule has 0 aromatic heterocycles. The second-order valence-corrected chi connectivity index (χ2v) is 4.61. The molecule has 0 spiro atoms. The van der Waals surface area contributed by atoms with Crippen LogP contribution in [0.3, 0.4) is 0 Å². The van der Waals surface area contributed by atoms with Gasteiger partial charge in [0, 0.05) is 36.8 Å². The van der Waals surface area contributed by atoms with E-state index in [9.17, 15) is 9.90 Å². The van der Waals surface area contributed by atoms with E-state index in [-0.39, 0.29) is 12.4 Å². The van der Waals surface area contributed by atoms with Crippen LogP contribution < -0.4 is 5.32 Å².